The number of aromatic nitrogens is 1. The maximum absolute atomic E-state index is 4.19. The van der Waals surface area contributed by atoms with Crippen LogP contribution in [0.4, 0.5) is 0 Å². The van der Waals surface area contributed by atoms with Crippen molar-refractivity contribution in [3.8, 4) is 0 Å². The van der Waals surface area contributed by atoms with E-state index >= 15 is 0 Å². The van der Waals surface area contributed by atoms with Crippen molar-refractivity contribution in [3.05, 3.63) is 23.0 Å². The number of nitrogens with zero attached hydrogens (tertiary/aromatic N) is 1. The molecule has 1 aromatic heterocycles. The standard InChI is InChI=1S/C8H12N.Li/c1-4-8-6(2)5-9-7(8)3;/h5H,4H2,1-3H3;/q-1;+1. The summed E-state index contributed by atoms with van der Waals surface area (Å²) in [5, 5.41) is 0. The first-order valence-electron chi connectivity index (χ1n) is 3.33. The van der Waals surface area contributed by atoms with E-state index in [1.54, 1.807) is 0 Å². The van der Waals surface area contributed by atoms with Gasteiger partial charge in [-0.2, -0.15) is 11.9 Å². The Morgan fingerprint density at radius 1 is 1.40 bits per heavy atom. The topological polar surface area (TPSA) is 14.1 Å². The SMILES string of the molecule is CCc1c(C)c[n-]c1C.[Li+]. The fourth-order valence-electron chi connectivity index (χ4n) is 1.17. The van der Waals surface area contributed by atoms with Crippen LogP contribution in [-0.4, -0.2) is 0 Å². The average molecular weight is 129 g/mol. The van der Waals surface area contributed by atoms with E-state index in [0.717, 1.165) is 6.42 Å². The normalized spacial score (nSPS) is 9.10. The molecule has 50 valence electrons. The molecule has 0 saturated carbocycles. The second kappa shape index (κ2) is 3.90. The largest absolute Gasteiger partial charge is 1.00 e. The summed E-state index contributed by atoms with van der Waals surface area (Å²) in [6, 6.07) is 0. The third-order valence-electron chi connectivity index (χ3n) is 1.72. The molecule has 2 heteroatoms. The molecule has 0 aliphatic rings. The van der Waals surface area contributed by atoms with Crippen molar-refractivity contribution in [1.29, 1.82) is 0 Å². The van der Waals surface area contributed by atoms with Crippen LogP contribution < -0.4 is 23.8 Å². The summed E-state index contributed by atoms with van der Waals surface area (Å²) >= 11 is 0. The molecule has 0 spiro atoms. The number of hydrogen-bond acceptors (Lipinski definition) is 0. The molecular formula is C8H12LiN. The Morgan fingerprint density at radius 3 is 2.20 bits per heavy atom. The van der Waals surface area contributed by atoms with Gasteiger partial charge in [-0.05, 0) is 13.3 Å². The van der Waals surface area contributed by atoms with Gasteiger partial charge in [-0.25, -0.2) is 0 Å². The van der Waals surface area contributed by atoms with E-state index in [2.05, 4.69) is 25.8 Å². The first-order chi connectivity index (χ1) is 4.25. The Bertz CT molecular complexity index is 184. The maximum Gasteiger partial charge on any atom is 1.00 e. The van der Waals surface area contributed by atoms with Crippen molar-refractivity contribution in [1.82, 2.24) is 4.98 Å². The van der Waals surface area contributed by atoms with Crippen LogP contribution in [0.2, 0.25) is 0 Å². The van der Waals surface area contributed by atoms with E-state index < -0.39 is 0 Å². The summed E-state index contributed by atoms with van der Waals surface area (Å²) in [4.78, 5) is 4.19. The van der Waals surface area contributed by atoms with Crippen molar-refractivity contribution < 1.29 is 18.9 Å². The van der Waals surface area contributed by atoms with Crippen molar-refractivity contribution in [3.63, 3.8) is 0 Å². The number of aryl methyl sites for hydroxylation is 2. The molecule has 0 aliphatic carbocycles. The van der Waals surface area contributed by atoms with Crippen LogP contribution in [0.25, 0.3) is 0 Å². The molecule has 0 bridgehead atoms. The zero-order valence-electron chi connectivity index (χ0n) is 7.23. The molecule has 1 heterocycles. The molecule has 0 N–H and O–H groups in total. The number of rotatable bonds is 1. The summed E-state index contributed by atoms with van der Waals surface area (Å²) in [6.07, 6.45) is 3.05. The van der Waals surface area contributed by atoms with Crippen LogP contribution in [0.15, 0.2) is 6.20 Å². The van der Waals surface area contributed by atoms with Gasteiger partial charge in [0.15, 0.2) is 0 Å². The predicted molar refractivity (Wildman–Crippen MR) is 38.6 cm³/mol. The number of hydrogen-bond donors (Lipinski definition) is 0. The molecule has 1 rings (SSSR count). The summed E-state index contributed by atoms with van der Waals surface area (Å²) in [6.45, 7) is 6.34. The minimum Gasteiger partial charge on any atom is -0.667 e. The van der Waals surface area contributed by atoms with Crippen LogP contribution >= 0.6 is 0 Å². The second-order valence-electron chi connectivity index (χ2n) is 2.36. The quantitative estimate of drug-likeness (QED) is 0.436. The van der Waals surface area contributed by atoms with Gasteiger partial charge in [0.05, 0.1) is 0 Å². The zero-order chi connectivity index (χ0) is 6.85. The van der Waals surface area contributed by atoms with E-state index in [1.807, 2.05) is 6.20 Å². The fourth-order valence-corrected chi connectivity index (χ4v) is 1.17. The molecular weight excluding hydrogens is 117 g/mol. The fraction of sp³-hybridized carbons (Fsp3) is 0.500. The third-order valence-corrected chi connectivity index (χ3v) is 1.72. The van der Waals surface area contributed by atoms with Gasteiger partial charge in [0.2, 0.25) is 0 Å². The molecule has 1 aromatic rings. The summed E-state index contributed by atoms with van der Waals surface area (Å²) in [5.74, 6) is 0. The first kappa shape index (κ1) is 9.88. The van der Waals surface area contributed by atoms with E-state index in [-0.39, 0.29) is 18.9 Å². The Hall–Kier alpha value is -0.123. The molecule has 1 nitrogen and oxygen atoms in total. The van der Waals surface area contributed by atoms with Crippen molar-refractivity contribution >= 4 is 0 Å². The third kappa shape index (κ3) is 1.68. The van der Waals surface area contributed by atoms with E-state index in [1.165, 1.54) is 16.8 Å². The zero-order valence-corrected chi connectivity index (χ0v) is 7.23. The van der Waals surface area contributed by atoms with Crippen LogP contribution in [0.3, 0.4) is 0 Å². The Balaban J connectivity index is 0.000000810. The average Bonchev–Trinajstić information content (AvgIpc) is 2.12. The van der Waals surface area contributed by atoms with Crippen LogP contribution in [0, 0.1) is 13.8 Å². The summed E-state index contributed by atoms with van der Waals surface area (Å²) < 4.78 is 0. The van der Waals surface area contributed by atoms with Crippen molar-refractivity contribution in [2.45, 2.75) is 27.2 Å². The molecule has 0 aliphatic heterocycles. The minimum absolute atomic E-state index is 0. The predicted octanol–water partition coefficient (Wildman–Crippen LogP) is -1.17. The maximum atomic E-state index is 4.19. The van der Waals surface area contributed by atoms with Crippen LogP contribution in [0.5, 0.6) is 0 Å². The van der Waals surface area contributed by atoms with Crippen LogP contribution in [0.1, 0.15) is 23.7 Å². The molecule has 0 saturated heterocycles. The van der Waals surface area contributed by atoms with Gasteiger partial charge < -0.3 is 4.98 Å². The van der Waals surface area contributed by atoms with E-state index in [9.17, 15) is 0 Å². The molecule has 0 amide bonds. The van der Waals surface area contributed by atoms with Gasteiger partial charge in [0, 0.05) is 0 Å². The van der Waals surface area contributed by atoms with Gasteiger partial charge in [-0.15, -0.1) is 0 Å². The van der Waals surface area contributed by atoms with Gasteiger partial charge in [-0.3, -0.25) is 0 Å². The second-order valence-corrected chi connectivity index (χ2v) is 2.36. The monoisotopic (exact) mass is 129 g/mol. The molecule has 0 fully saturated rings. The Kier molecular flexibility index (Phi) is 3.86. The smallest absolute Gasteiger partial charge is 0.667 e. The van der Waals surface area contributed by atoms with E-state index in [0.29, 0.717) is 0 Å². The van der Waals surface area contributed by atoms with Gasteiger partial charge in [-0.1, -0.05) is 25.0 Å². The molecule has 10 heavy (non-hydrogen) atoms. The Labute approximate surface area is 74.4 Å². The first-order valence-corrected chi connectivity index (χ1v) is 3.33. The molecule has 0 unspecified atom stereocenters. The molecule has 0 aromatic carbocycles. The summed E-state index contributed by atoms with van der Waals surface area (Å²) in [7, 11) is 0. The van der Waals surface area contributed by atoms with Crippen molar-refractivity contribution in [2.75, 3.05) is 0 Å². The van der Waals surface area contributed by atoms with Crippen LogP contribution in [-0.2, 0) is 6.42 Å². The summed E-state index contributed by atoms with van der Waals surface area (Å²) in [5.41, 5.74) is 3.93. The van der Waals surface area contributed by atoms with E-state index in [4.69, 9.17) is 0 Å². The van der Waals surface area contributed by atoms with Crippen molar-refractivity contribution in [2.24, 2.45) is 0 Å². The molecule has 0 radical (unpaired) electrons. The minimum atomic E-state index is 0. The molecule has 0 atom stereocenters. The Morgan fingerprint density at radius 2 is 2.00 bits per heavy atom. The van der Waals surface area contributed by atoms with Gasteiger partial charge in [0.1, 0.15) is 0 Å². The van der Waals surface area contributed by atoms with Gasteiger partial charge >= 0.3 is 18.9 Å². The van der Waals surface area contributed by atoms with Gasteiger partial charge in [0.25, 0.3) is 0 Å².